The summed E-state index contributed by atoms with van der Waals surface area (Å²) in [5, 5.41) is 8.96. The second-order valence-electron chi connectivity index (χ2n) is 5.60. The lowest BCUT2D eigenvalue weighted by molar-refractivity contribution is -0.106. The van der Waals surface area contributed by atoms with E-state index in [2.05, 4.69) is 17.9 Å². The summed E-state index contributed by atoms with van der Waals surface area (Å²) in [5.74, 6) is 0.101. The highest BCUT2D eigenvalue weighted by molar-refractivity contribution is 4.94. The van der Waals surface area contributed by atoms with Gasteiger partial charge < -0.3 is 9.47 Å². The summed E-state index contributed by atoms with van der Waals surface area (Å²) < 4.78 is 11.5. The largest absolute Gasteiger partial charge is 0.378 e. The van der Waals surface area contributed by atoms with E-state index in [4.69, 9.17) is 14.7 Å². The van der Waals surface area contributed by atoms with Crippen LogP contribution < -0.4 is 0 Å². The number of ether oxygens (including phenoxy) is 2. The molecule has 0 aromatic heterocycles. The highest BCUT2D eigenvalue weighted by Crippen LogP contribution is 2.34. The minimum absolute atomic E-state index is 0.0355. The summed E-state index contributed by atoms with van der Waals surface area (Å²) in [6, 6.07) is 2.88. The van der Waals surface area contributed by atoms with Gasteiger partial charge in [-0.15, -0.1) is 0 Å². The van der Waals surface area contributed by atoms with Crippen molar-refractivity contribution in [2.24, 2.45) is 5.92 Å². The Balaban J connectivity index is 1.96. The Hall–Kier alpha value is -0.630. The third kappa shape index (κ3) is 3.03. The number of hydrogen-bond donors (Lipinski definition) is 0. The van der Waals surface area contributed by atoms with Gasteiger partial charge in [0.15, 0.2) is 0 Å². The van der Waals surface area contributed by atoms with Crippen molar-refractivity contribution >= 4 is 0 Å². The second kappa shape index (κ2) is 6.01. The summed E-state index contributed by atoms with van der Waals surface area (Å²) in [6.45, 7) is 8.45. The van der Waals surface area contributed by atoms with E-state index in [1.54, 1.807) is 0 Å². The predicted molar refractivity (Wildman–Crippen MR) is 69.2 cm³/mol. The molecule has 2 heterocycles. The molecule has 0 aliphatic carbocycles. The zero-order chi connectivity index (χ0) is 13.0. The molecule has 0 radical (unpaired) electrons. The lowest BCUT2D eigenvalue weighted by atomic mass is 9.88. The maximum atomic E-state index is 8.96. The monoisotopic (exact) mass is 252 g/mol. The normalized spacial score (nSPS) is 33.8. The molecular weight excluding hydrogens is 228 g/mol. The lowest BCUT2D eigenvalue weighted by Crippen LogP contribution is -2.50. The van der Waals surface area contributed by atoms with Gasteiger partial charge >= 0.3 is 0 Å². The maximum Gasteiger partial charge on any atom is 0.0951 e. The van der Waals surface area contributed by atoms with Crippen molar-refractivity contribution in [1.82, 2.24) is 4.90 Å². The van der Waals surface area contributed by atoms with Gasteiger partial charge in [0.1, 0.15) is 0 Å². The van der Waals surface area contributed by atoms with Gasteiger partial charge in [0.25, 0.3) is 0 Å². The summed E-state index contributed by atoms with van der Waals surface area (Å²) in [5.41, 5.74) is -0.0355. The van der Waals surface area contributed by atoms with Gasteiger partial charge in [0.05, 0.1) is 24.2 Å². The third-order valence-corrected chi connectivity index (χ3v) is 4.19. The molecule has 3 unspecified atom stereocenters. The van der Waals surface area contributed by atoms with Crippen molar-refractivity contribution in [3.05, 3.63) is 0 Å². The number of nitriles is 1. The maximum absolute atomic E-state index is 8.96. The van der Waals surface area contributed by atoms with E-state index in [1.165, 1.54) is 0 Å². The van der Waals surface area contributed by atoms with Crippen LogP contribution in [0.25, 0.3) is 0 Å². The topological polar surface area (TPSA) is 45.5 Å². The lowest BCUT2D eigenvalue weighted by Gasteiger charge is -2.42. The molecule has 0 N–H and O–H groups in total. The second-order valence-corrected chi connectivity index (χ2v) is 5.60. The van der Waals surface area contributed by atoms with Crippen molar-refractivity contribution < 1.29 is 9.47 Å². The fourth-order valence-corrected chi connectivity index (χ4v) is 3.11. The number of nitrogens with zero attached hydrogens (tertiary/aromatic N) is 2. The van der Waals surface area contributed by atoms with Crippen LogP contribution in [0, 0.1) is 17.2 Å². The first kappa shape index (κ1) is 13.8. The first-order chi connectivity index (χ1) is 8.69. The van der Waals surface area contributed by atoms with Crippen molar-refractivity contribution in [2.45, 2.75) is 44.8 Å². The van der Waals surface area contributed by atoms with Gasteiger partial charge in [0.2, 0.25) is 0 Å². The van der Waals surface area contributed by atoms with E-state index in [-0.39, 0.29) is 11.5 Å². The first-order valence-electron chi connectivity index (χ1n) is 7.04. The van der Waals surface area contributed by atoms with Gasteiger partial charge in [-0.3, -0.25) is 4.90 Å². The van der Waals surface area contributed by atoms with E-state index in [0.717, 1.165) is 52.2 Å². The van der Waals surface area contributed by atoms with Crippen LogP contribution in [0.5, 0.6) is 0 Å². The molecule has 2 rings (SSSR count). The summed E-state index contributed by atoms with van der Waals surface area (Å²) in [7, 11) is 0. The minimum atomic E-state index is -0.0355. The van der Waals surface area contributed by atoms with E-state index in [9.17, 15) is 0 Å². The Kier molecular flexibility index (Phi) is 4.60. The van der Waals surface area contributed by atoms with Crippen molar-refractivity contribution in [3.63, 3.8) is 0 Å². The quantitative estimate of drug-likeness (QED) is 0.765. The predicted octanol–water partition coefficient (Wildman–Crippen LogP) is 1.81. The van der Waals surface area contributed by atoms with Crippen LogP contribution in [-0.2, 0) is 9.47 Å². The van der Waals surface area contributed by atoms with Crippen molar-refractivity contribution in [2.75, 3.05) is 32.9 Å². The molecule has 18 heavy (non-hydrogen) atoms. The van der Waals surface area contributed by atoms with Crippen LogP contribution in [-0.4, -0.2) is 49.5 Å². The van der Waals surface area contributed by atoms with Crippen LogP contribution in [0.3, 0.4) is 0 Å². The number of hydrogen-bond acceptors (Lipinski definition) is 4. The Morgan fingerprint density at radius 1 is 1.50 bits per heavy atom. The molecule has 3 atom stereocenters. The zero-order valence-electron chi connectivity index (χ0n) is 11.5. The summed E-state index contributed by atoms with van der Waals surface area (Å²) in [6.07, 6.45) is 3.15. The SMILES string of the molecule is CCN(CC(C)C#N)C1CCOC2(CCOC2)C1. The Morgan fingerprint density at radius 2 is 2.33 bits per heavy atom. The average molecular weight is 252 g/mol. The summed E-state index contributed by atoms with van der Waals surface area (Å²) in [4.78, 5) is 2.44. The Labute approximate surface area is 110 Å². The molecule has 2 aliphatic heterocycles. The fraction of sp³-hybridized carbons (Fsp3) is 0.929. The van der Waals surface area contributed by atoms with Crippen LogP contribution in [0.1, 0.15) is 33.1 Å². The zero-order valence-corrected chi connectivity index (χ0v) is 11.5. The molecule has 0 saturated carbocycles. The van der Waals surface area contributed by atoms with E-state index in [0.29, 0.717) is 6.04 Å². The van der Waals surface area contributed by atoms with Crippen LogP contribution >= 0.6 is 0 Å². The highest BCUT2D eigenvalue weighted by Gasteiger charge is 2.42. The first-order valence-corrected chi connectivity index (χ1v) is 7.04. The Morgan fingerprint density at radius 3 is 2.94 bits per heavy atom. The van der Waals surface area contributed by atoms with E-state index < -0.39 is 0 Å². The van der Waals surface area contributed by atoms with E-state index >= 15 is 0 Å². The minimum Gasteiger partial charge on any atom is -0.378 e. The van der Waals surface area contributed by atoms with Gasteiger partial charge in [-0.25, -0.2) is 0 Å². The Bertz CT molecular complexity index is 307. The molecule has 0 aromatic carbocycles. The smallest absolute Gasteiger partial charge is 0.0951 e. The van der Waals surface area contributed by atoms with Gasteiger partial charge in [-0.05, 0) is 26.3 Å². The molecule has 2 saturated heterocycles. The molecule has 2 aliphatic rings. The molecule has 102 valence electrons. The molecule has 1 spiro atoms. The van der Waals surface area contributed by atoms with Crippen LogP contribution in [0.4, 0.5) is 0 Å². The number of rotatable bonds is 4. The molecule has 0 aromatic rings. The van der Waals surface area contributed by atoms with Gasteiger partial charge in [-0.1, -0.05) is 6.92 Å². The average Bonchev–Trinajstić information content (AvgIpc) is 2.83. The van der Waals surface area contributed by atoms with E-state index in [1.807, 2.05) is 6.92 Å². The van der Waals surface area contributed by atoms with Crippen LogP contribution in [0.15, 0.2) is 0 Å². The third-order valence-electron chi connectivity index (χ3n) is 4.19. The van der Waals surface area contributed by atoms with Gasteiger partial charge in [0, 0.05) is 32.2 Å². The molecule has 2 fully saturated rings. The van der Waals surface area contributed by atoms with Gasteiger partial charge in [-0.2, -0.15) is 5.26 Å². The summed E-state index contributed by atoms with van der Waals surface area (Å²) >= 11 is 0. The van der Waals surface area contributed by atoms with Crippen LogP contribution in [0.2, 0.25) is 0 Å². The van der Waals surface area contributed by atoms with Crippen molar-refractivity contribution in [3.8, 4) is 6.07 Å². The highest BCUT2D eigenvalue weighted by atomic mass is 16.6. The fourth-order valence-electron chi connectivity index (χ4n) is 3.11. The molecule has 0 bridgehead atoms. The molecule has 4 heteroatoms. The van der Waals surface area contributed by atoms with Crippen molar-refractivity contribution in [1.29, 1.82) is 5.26 Å². The standard InChI is InChI=1S/C14H24N2O2/c1-3-16(10-12(2)9-15)13-4-6-18-14(8-13)5-7-17-11-14/h12-13H,3-8,10-11H2,1-2H3. The molecule has 0 amide bonds. The molecule has 4 nitrogen and oxygen atoms in total. The molecular formula is C14H24N2O2.